The number of nitrogens with two attached hydrogens (primary N) is 1. The van der Waals surface area contributed by atoms with Gasteiger partial charge in [0.05, 0.1) is 6.61 Å². The molecule has 0 spiro atoms. The molecule has 0 saturated heterocycles. The van der Waals surface area contributed by atoms with Crippen molar-refractivity contribution in [2.45, 2.75) is 5.92 Å². The predicted molar refractivity (Wildman–Crippen MR) is 69.2 cm³/mol. The van der Waals surface area contributed by atoms with Crippen LogP contribution < -0.4 is 10.5 Å². The van der Waals surface area contributed by atoms with Crippen LogP contribution >= 0.6 is 0 Å². The molecule has 2 aromatic rings. The van der Waals surface area contributed by atoms with Gasteiger partial charge in [-0.2, -0.15) is 0 Å². The van der Waals surface area contributed by atoms with Gasteiger partial charge in [-0.1, -0.05) is 42.5 Å². The summed E-state index contributed by atoms with van der Waals surface area (Å²) in [6, 6.07) is 16.6. The van der Waals surface area contributed by atoms with Crippen molar-refractivity contribution < 1.29 is 4.74 Å². The van der Waals surface area contributed by atoms with Gasteiger partial charge in [0.15, 0.2) is 0 Å². The fourth-order valence-corrected chi connectivity index (χ4v) is 2.39. The first-order valence-corrected chi connectivity index (χ1v) is 5.91. The topological polar surface area (TPSA) is 35.2 Å². The minimum atomic E-state index is 0.276. The standard InChI is InChI=1S/C15H15NO/c16-9-11-10-17-15-8-4-3-7-14(15)13-6-2-1-5-12(11)13/h1-8,11H,9-10,16H2. The second-order valence-corrected chi connectivity index (χ2v) is 4.33. The number of para-hydroxylation sites is 1. The van der Waals surface area contributed by atoms with Gasteiger partial charge in [-0.05, 0) is 17.2 Å². The van der Waals surface area contributed by atoms with Crippen molar-refractivity contribution in [3.05, 3.63) is 54.1 Å². The predicted octanol–water partition coefficient (Wildman–Crippen LogP) is 2.79. The molecule has 2 N–H and O–H groups in total. The van der Waals surface area contributed by atoms with E-state index < -0.39 is 0 Å². The molecular weight excluding hydrogens is 210 g/mol. The summed E-state index contributed by atoms with van der Waals surface area (Å²) in [6.07, 6.45) is 0. The van der Waals surface area contributed by atoms with Crippen LogP contribution in [0.25, 0.3) is 11.1 Å². The van der Waals surface area contributed by atoms with Gasteiger partial charge >= 0.3 is 0 Å². The summed E-state index contributed by atoms with van der Waals surface area (Å²) < 4.78 is 5.85. The van der Waals surface area contributed by atoms with Gasteiger partial charge in [0, 0.05) is 18.0 Å². The second kappa shape index (κ2) is 4.22. The number of hydrogen-bond donors (Lipinski definition) is 1. The molecule has 2 nitrogen and oxygen atoms in total. The average molecular weight is 225 g/mol. The molecule has 1 aliphatic rings. The summed E-state index contributed by atoms with van der Waals surface area (Å²) in [4.78, 5) is 0. The summed E-state index contributed by atoms with van der Waals surface area (Å²) >= 11 is 0. The Kier molecular flexibility index (Phi) is 2.57. The summed E-state index contributed by atoms with van der Waals surface area (Å²) in [5, 5.41) is 0. The van der Waals surface area contributed by atoms with Crippen molar-refractivity contribution in [2.75, 3.05) is 13.2 Å². The molecule has 1 aliphatic heterocycles. The van der Waals surface area contributed by atoms with Gasteiger partial charge < -0.3 is 10.5 Å². The first kappa shape index (κ1) is 10.4. The maximum Gasteiger partial charge on any atom is 0.127 e. The van der Waals surface area contributed by atoms with E-state index in [1.165, 1.54) is 16.7 Å². The third kappa shape index (κ3) is 1.71. The molecule has 0 aliphatic carbocycles. The molecule has 1 unspecified atom stereocenters. The van der Waals surface area contributed by atoms with Crippen LogP contribution in [0.4, 0.5) is 0 Å². The van der Waals surface area contributed by atoms with Crippen molar-refractivity contribution >= 4 is 0 Å². The fourth-order valence-electron chi connectivity index (χ4n) is 2.39. The van der Waals surface area contributed by atoms with Crippen molar-refractivity contribution in [2.24, 2.45) is 5.73 Å². The van der Waals surface area contributed by atoms with Crippen molar-refractivity contribution in [1.82, 2.24) is 0 Å². The molecule has 17 heavy (non-hydrogen) atoms. The Labute approximate surface area is 101 Å². The molecule has 0 amide bonds. The highest BCUT2D eigenvalue weighted by Gasteiger charge is 2.21. The van der Waals surface area contributed by atoms with Crippen molar-refractivity contribution in [1.29, 1.82) is 0 Å². The van der Waals surface area contributed by atoms with Crippen LogP contribution in [0.2, 0.25) is 0 Å². The van der Waals surface area contributed by atoms with Crippen molar-refractivity contribution in [3.8, 4) is 16.9 Å². The lowest BCUT2D eigenvalue weighted by atomic mass is 9.92. The van der Waals surface area contributed by atoms with E-state index in [0.717, 1.165) is 5.75 Å². The number of benzene rings is 2. The Bertz CT molecular complexity index is 536. The highest BCUT2D eigenvalue weighted by atomic mass is 16.5. The highest BCUT2D eigenvalue weighted by molar-refractivity contribution is 5.74. The van der Waals surface area contributed by atoms with E-state index in [1.807, 2.05) is 18.2 Å². The van der Waals surface area contributed by atoms with Gasteiger partial charge in [-0.15, -0.1) is 0 Å². The van der Waals surface area contributed by atoms with Gasteiger partial charge in [0.2, 0.25) is 0 Å². The van der Waals surface area contributed by atoms with Crippen LogP contribution in [0, 0.1) is 0 Å². The molecule has 0 aromatic heterocycles. The Morgan fingerprint density at radius 2 is 1.71 bits per heavy atom. The van der Waals surface area contributed by atoms with Crippen molar-refractivity contribution in [3.63, 3.8) is 0 Å². The third-order valence-electron chi connectivity index (χ3n) is 3.30. The van der Waals surface area contributed by atoms with E-state index in [9.17, 15) is 0 Å². The zero-order valence-corrected chi connectivity index (χ0v) is 9.60. The molecule has 0 bridgehead atoms. The fraction of sp³-hybridized carbons (Fsp3) is 0.200. The molecular formula is C15H15NO. The van der Waals surface area contributed by atoms with Crippen LogP contribution in [0.3, 0.4) is 0 Å². The monoisotopic (exact) mass is 225 g/mol. The Balaban J connectivity index is 2.23. The normalized spacial score (nSPS) is 17.6. The zero-order valence-electron chi connectivity index (χ0n) is 9.60. The van der Waals surface area contributed by atoms with Crippen LogP contribution in [-0.2, 0) is 0 Å². The lowest BCUT2D eigenvalue weighted by molar-refractivity contribution is 0.295. The first-order chi connectivity index (χ1) is 8.40. The number of hydrogen-bond acceptors (Lipinski definition) is 2. The second-order valence-electron chi connectivity index (χ2n) is 4.33. The molecule has 86 valence electrons. The molecule has 0 radical (unpaired) electrons. The van der Waals surface area contributed by atoms with Crippen LogP contribution in [0.1, 0.15) is 11.5 Å². The smallest absolute Gasteiger partial charge is 0.127 e. The molecule has 1 atom stereocenters. The Hall–Kier alpha value is -1.80. The van der Waals surface area contributed by atoms with E-state index in [4.69, 9.17) is 10.5 Å². The summed E-state index contributed by atoms with van der Waals surface area (Å²) in [5.41, 5.74) is 9.55. The van der Waals surface area contributed by atoms with Crippen LogP contribution in [0.5, 0.6) is 5.75 Å². The minimum Gasteiger partial charge on any atom is -0.492 e. The van der Waals surface area contributed by atoms with Gasteiger partial charge in [-0.3, -0.25) is 0 Å². The molecule has 0 saturated carbocycles. The lowest BCUT2D eigenvalue weighted by Crippen LogP contribution is -2.18. The number of fused-ring (bicyclic) bond motifs is 3. The van der Waals surface area contributed by atoms with E-state index in [-0.39, 0.29) is 5.92 Å². The molecule has 0 fully saturated rings. The summed E-state index contributed by atoms with van der Waals surface area (Å²) in [6.45, 7) is 1.27. The molecule has 2 aromatic carbocycles. The quantitative estimate of drug-likeness (QED) is 0.810. The van der Waals surface area contributed by atoms with Gasteiger partial charge in [-0.25, -0.2) is 0 Å². The maximum atomic E-state index is 5.85. The van der Waals surface area contributed by atoms with E-state index in [2.05, 4.69) is 30.3 Å². The number of ether oxygens (including phenoxy) is 1. The highest BCUT2D eigenvalue weighted by Crippen LogP contribution is 2.38. The Morgan fingerprint density at radius 3 is 2.53 bits per heavy atom. The molecule has 1 heterocycles. The minimum absolute atomic E-state index is 0.276. The van der Waals surface area contributed by atoms with E-state index in [0.29, 0.717) is 13.2 Å². The molecule has 3 rings (SSSR count). The molecule has 2 heteroatoms. The lowest BCUT2D eigenvalue weighted by Gasteiger charge is -2.14. The third-order valence-corrected chi connectivity index (χ3v) is 3.30. The van der Waals surface area contributed by atoms with E-state index >= 15 is 0 Å². The maximum absolute atomic E-state index is 5.85. The summed E-state index contributed by atoms with van der Waals surface area (Å²) in [5.74, 6) is 1.23. The first-order valence-electron chi connectivity index (χ1n) is 5.91. The largest absolute Gasteiger partial charge is 0.492 e. The number of rotatable bonds is 1. The zero-order chi connectivity index (χ0) is 11.7. The van der Waals surface area contributed by atoms with Gasteiger partial charge in [0.1, 0.15) is 5.75 Å². The Morgan fingerprint density at radius 1 is 1.00 bits per heavy atom. The van der Waals surface area contributed by atoms with E-state index in [1.54, 1.807) is 0 Å². The van der Waals surface area contributed by atoms with Crippen LogP contribution in [-0.4, -0.2) is 13.2 Å². The van der Waals surface area contributed by atoms with Crippen LogP contribution in [0.15, 0.2) is 48.5 Å². The average Bonchev–Trinajstić information content (AvgIpc) is 2.56. The SMILES string of the molecule is NCC1COc2ccccc2-c2ccccc21. The van der Waals surface area contributed by atoms with Gasteiger partial charge in [0.25, 0.3) is 0 Å². The summed E-state index contributed by atoms with van der Waals surface area (Å²) in [7, 11) is 0.